The molecule has 0 saturated carbocycles. The fraction of sp³-hybridized carbons (Fsp3) is 0.296. The van der Waals surface area contributed by atoms with Gasteiger partial charge in [0.1, 0.15) is 12.4 Å². The van der Waals surface area contributed by atoms with Crippen LogP contribution in [0.4, 0.5) is 15.8 Å². The fourth-order valence-electron chi connectivity index (χ4n) is 4.29. The normalized spacial score (nSPS) is 14.2. The zero-order chi connectivity index (χ0) is 25.2. The Hall–Kier alpha value is -3.39. The topological polar surface area (TPSA) is 60.9 Å². The molecule has 1 saturated heterocycles. The Morgan fingerprint density at radius 3 is 2.20 bits per heavy atom. The number of amides is 1. The number of anilines is 2. The third kappa shape index (κ3) is 5.17. The molecule has 1 fully saturated rings. The number of benzene rings is 3. The van der Waals surface area contributed by atoms with Crippen molar-refractivity contribution in [2.45, 2.75) is 25.7 Å². The largest absolute Gasteiger partial charge is 0.368 e. The maximum absolute atomic E-state index is 14.7. The van der Waals surface area contributed by atoms with E-state index in [1.54, 1.807) is 23.1 Å². The molecular formula is C27H30FN3O3S. The molecule has 0 N–H and O–H groups in total. The highest BCUT2D eigenvalue weighted by Crippen LogP contribution is 2.27. The van der Waals surface area contributed by atoms with Gasteiger partial charge in [-0.2, -0.15) is 0 Å². The highest BCUT2D eigenvalue weighted by atomic mass is 32.2. The lowest BCUT2D eigenvalue weighted by Gasteiger charge is -2.38. The summed E-state index contributed by atoms with van der Waals surface area (Å²) < 4.78 is 42.6. The maximum atomic E-state index is 14.7. The lowest BCUT2D eigenvalue weighted by Crippen LogP contribution is -2.52. The Morgan fingerprint density at radius 2 is 1.54 bits per heavy atom. The van der Waals surface area contributed by atoms with Crippen molar-refractivity contribution in [2.75, 3.05) is 41.9 Å². The zero-order valence-corrected chi connectivity index (χ0v) is 21.1. The highest BCUT2D eigenvalue weighted by Gasteiger charge is 2.31. The fourth-order valence-corrected chi connectivity index (χ4v) is 5.71. The summed E-state index contributed by atoms with van der Waals surface area (Å²) in [6.07, 6.45) is 0. The second kappa shape index (κ2) is 10.1. The minimum Gasteiger partial charge on any atom is -0.368 e. The van der Waals surface area contributed by atoms with Crippen LogP contribution in [0.1, 0.15) is 16.7 Å². The van der Waals surface area contributed by atoms with Gasteiger partial charge in [-0.1, -0.05) is 42.0 Å². The molecule has 6 nitrogen and oxygen atoms in total. The van der Waals surface area contributed by atoms with Crippen LogP contribution in [0.25, 0.3) is 0 Å². The van der Waals surface area contributed by atoms with Crippen LogP contribution >= 0.6 is 0 Å². The number of para-hydroxylation sites is 1. The summed E-state index contributed by atoms with van der Waals surface area (Å²) in [7, 11) is -4.16. The van der Waals surface area contributed by atoms with Crippen LogP contribution in [0, 0.1) is 26.6 Å². The second-order valence-corrected chi connectivity index (χ2v) is 10.7. The molecule has 4 rings (SSSR count). The minimum atomic E-state index is -4.16. The first-order valence-electron chi connectivity index (χ1n) is 11.6. The SMILES string of the molecule is Cc1ccc(S(=O)(=O)N(CC(=O)N2CCN(c3cccc(C)c3C)CC2)c2ccccc2F)cc1. The Kier molecular flexibility index (Phi) is 7.12. The van der Waals surface area contributed by atoms with E-state index < -0.39 is 22.4 Å². The molecule has 0 atom stereocenters. The van der Waals surface area contributed by atoms with Gasteiger partial charge in [-0.15, -0.1) is 0 Å². The third-order valence-corrected chi connectivity index (χ3v) is 8.33. The van der Waals surface area contributed by atoms with Crippen molar-refractivity contribution in [3.05, 3.63) is 89.2 Å². The molecule has 1 aliphatic rings. The van der Waals surface area contributed by atoms with Crippen molar-refractivity contribution in [1.82, 2.24) is 4.90 Å². The van der Waals surface area contributed by atoms with Crippen LogP contribution in [0.3, 0.4) is 0 Å². The van der Waals surface area contributed by atoms with Gasteiger partial charge in [0.05, 0.1) is 10.6 Å². The molecule has 8 heteroatoms. The van der Waals surface area contributed by atoms with E-state index in [1.165, 1.54) is 41.5 Å². The Labute approximate surface area is 206 Å². The molecule has 0 radical (unpaired) electrons. The number of piperazine rings is 1. The average molecular weight is 496 g/mol. The monoisotopic (exact) mass is 495 g/mol. The van der Waals surface area contributed by atoms with E-state index in [9.17, 15) is 17.6 Å². The molecule has 35 heavy (non-hydrogen) atoms. The molecule has 3 aromatic rings. The number of hydrogen-bond acceptors (Lipinski definition) is 4. The standard InChI is InChI=1S/C27H30FN3O3S/c1-20-11-13-23(14-12-20)35(33,34)31(26-9-5-4-8-24(26)28)19-27(32)30-17-15-29(16-18-30)25-10-6-7-21(2)22(25)3/h4-14H,15-19H2,1-3H3. The molecule has 1 aliphatic heterocycles. The average Bonchev–Trinajstić information content (AvgIpc) is 2.85. The number of sulfonamides is 1. The number of nitrogens with zero attached hydrogens (tertiary/aromatic N) is 3. The van der Waals surface area contributed by atoms with E-state index in [0.717, 1.165) is 15.6 Å². The van der Waals surface area contributed by atoms with Gasteiger partial charge >= 0.3 is 0 Å². The van der Waals surface area contributed by atoms with Crippen LogP contribution in [0.2, 0.25) is 0 Å². The Balaban J connectivity index is 1.55. The van der Waals surface area contributed by atoms with E-state index in [1.807, 2.05) is 13.0 Å². The number of hydrogen-bond donors (Lipinski definition) is 0. The van der Waals surface area contributed by atoms with E-state index in [0.29, 0.717) is 26.2 Å². The minimum absolute atomic E-state index is 0.0129. The summed E-state index contributed by atoms with van der Waals surface area (Å²) in [5.74, 6) is -1.06. The van der Waals surface area contributed by atoms with Crippen molar-refractivity contribution in [3.8, 4) is 0 Å². The lowest BCUT2D eigenvalue weighted by molar-refractivity contribution is -0.129. The number of carbonyl (C=O) groups excluding carboxylic acids is 1. The quantitative estimate of drug-likeness (QED) is 0.512. The van der Waals surface area contributed by atoms with Crippen LogP contribution < -0.4 is 9.21 Å². The molecule has 3 aromatic carbocycles. The molecule has 1 heterocycles. The zero-order valence-electron chi connectivity index (χ0n) is 20.2. The van der Waals surface area contributed by atoms with Crippen LogP contribution in [-0.2, 0) is 14.8 Å². The molecule has 0 bridgehead atoms. The van der Waals surface area contributed by atoms with Gasteiger partial charge in [-0.3, -0.25) is 9.10 Å². The molecular weight excluding hydrogens is 465 g/mol. The summed E-state index contributed by atoms with van der Waals surface area (Å²) >= 11 is 0. The summed E-state index contributed by atoms with van der Waals surface area (Å²) in [6.45, 7) is 7.74. The maximum Gasteiger partial charge on any atom is 0.264 e. The van der Waals surface area contributed by atoms with Gasteiger partial charge in [-0.05, 0) is 62.2 Å². The molecule has 0 aliphatic carbocycles. The van der Waals surface area contributed by atoms with Gasteiger partial charge in [0.2, 0.25) is 5.91 Å². The van der Waals surface area contributed by atoms with E-state index in [4.69, 9.17) is 0 Å². The van der Waals surface area contributed by atoms with Crippen molar-refractivity contribution >= 4 is 27.3 Å². The molecule has 0 unspecified atom stereocenters. The molecule has 0 spiro atoms. The van der Waals surface area contributed by atoms with Gasteiger partial charge in [-0.25, -0.2) is 12.8 Å². The van der Waals surface area contributed by atoms with Crippen LogP contribution in [-0.4, -0.2) is 51.9 Å². The summed E-state index contributed by atoms with van der Waals surface area (Å²) in [4.78, 5) is 17.2. The third-order valence-electron chi connectivity index (χ3n) is 6.56. The Bertz CT molecular complexity index is 1320. The smallest absolute Gasteiger partial charge is 0.264 e. The Morgan fingerprint density at radius 1 is 0.886 bits per heavy atom. The van der Waals surface area contributed by atoms with Gasteiger partial charge < -0.3 is 9.80 Å². The summed E-state index contributed by atoms with van der Waals surface area (Å²) in [5.41, 5.74) is 4.33. The van der Waals surface area contributed by atoms with Gasteiger partial charge in [0.15, 0.2) is 0 Å². The van der Waals surface area contributed by atoms with Crippen LogP contribution in [0.5, 0.6) is 0 Å². The highest BCUT2D eigenvalue weighted by molar-refractivity contribution is 7.92. The van der Waals surface area contributed by atoms with Crippen molar-refractivity contribution < 1.29 is 17.6 Å². The van der Waals surface area contributed by atoms with E-state index >= 15 is 0 Å². The predicted octanol–water partition coefficient (Wildman–Crippen LogP) is 4.30. The van der Waals surface area contributed by atoms with Gasteiger partial charge in [0, 0.05) is 31.9 Å². The second-order valence-electron chi connectivity index (χ2n) is 8.86. The summed E-state index contributed by atoms with van der Waals surface area (Å²) in [5, 5.41) is 0. The van der Waals surface area contributed by atoms with Crippen molar-refractivity contribution in [2.24, 2.45) is 0 Å². The van der Waals surface area contributed by atoms with Crippen molar-refractivity contribution in [1.29, 1.82) is 0 Å². The predicted molar refractivity (Wildman–Crippen MR) is 137 cm³/mol. The molecule has 1 amide bonds. The van der Waals surface area contributed by atoms with Crippen molar-refractivity contribution in [3.63, 3.8) is 0 Å². The number of aryl methyl sites for hydroxylation is 2. The molecule has 0 aromatic heterocycles. The van der Waals surface area contributed by atoms with E-state index in [2.05, 4.69) is 30.9 Å². The first-order chi connectivity index (χ1) is 16.7. The number of rotatable bonds is 6. The lowest BCUT2D eigenvalue weighted by atomic mass is 10.1. The number of halogens is 1. The molecule has 184 valence electrons. The first-order valence-corrected chi connectivity index (χ1v) is 13.1. The van der Waals surface area contributed by atoms with Crippen LogP contribution in [0.15, 0.2) is 71.6 Å². The van der Waals surface area contributed by atoms with E-state index in [-0.39, 0.29) is 16.5 Å². The number of carbonyl (C=O) groups is 1. The summed E-state index contributed by atoms with van der Waals surface area (Å²) in [6, 6.07) is 18.1. The first kappa shape index (κ1) is 24.7. The van der Waals surface area contributed by atoms with Gasteiger partial charge in [0.25, 0.3) is 10.0 Å².